The number of esters is 1. The van der Waals surface area contributed by atoms with Crippen LogP contribution in [0.1, 0.15) is 0 Å². The fraction of sp³-hybridized carbons (Fsp3) is 0.0556. The molecule has 29 heavy (non-hydrogen) atoms. The van der Waals surface area contributed by atoms with Crippen LogP contribution in [0.25, 0.3) is 11.5 Å². The number of nitrogens with one attached hydrogen (secondary N) is 2. The summed E-state index contributed by atoms with van der Waals surface area (Å²) in [5.41, 5.74) is -0.430. The third kappa shape index (κ3) is 3.90. The van der Waals surface area contributed by atoms with E-state index in [0.29, 0.717) is 3.57 Å². The molecule has 148 valence electrons. The number of anilines is 3. The molecule has 4 rings (SSSR count). The summed E-state index contributed by atoms with van der Waals surface area (Å²) >= 11 is 1.93. The van der Waals surface area contributed by atoms with Crippen molar-refractivity contribution in [3.05, 3.63) is 63.7 Å². The van der Waals surface area contributed by atoms with Gasteiger partial charge in [-0.05, 0) is 59.0 Å². The molecule has 2 heterocycles. The Morgan fingerprint density at radius 2 is 1.90 bits per heavy atom. The molecular formula is C18H10F3IN4O3. The van der Waals surface area contributed by atoms with Gasteiger partial charge in [0.15, 0.2) is 17.7 Å². The summed E-state index contributed by atoms with van der Waals surface area (Å²) in [6, 6.07) is 5.38. The van der Waals surface area contributed by atoms with Gasteiger partial charge in [0.05, 0.1) is 23.2 Å². The molecule has 3 aromatic rings. The quantitative estimate of drug-likeness (QED) is 0.387. The van der Waals surface area contributed by atoms with E-state index >= 15 is 0 Å². The van der Waals surface area contributed by atoms with Crippen molar-refractivity contribution in [3.63, 3.8) is 0 Å². The molecular weight excluding hydrogens is 504 g/mol. The normalized spacial score (nSPS) is 15.4. The minimum absolute atomic E-state index is 0.00643. The number of aromatic nitrogens is 2. The summed E-state index contributed by atoms with van der Waals surface area (Å²) in [7, 11) is 0. The molecule has 0 fully saturated rings. The van der Waals surface area contributed by atoms with Crippen LogP contribution < -0.4 is 10.6 Å². The number of nitrogens with zero attached hydrogens (tertiary/aromatic N) is 2. The first-order valence-corrected chi connectivity index (χ1v) is 9.18. The smallest absolute Gasteiger partial charge is 0.337 e. The van der Waals surface area contributed by atoms with Crippen LogP contribution in [0.4, 0.5) is 30.6 Å². The summed E-state index contributed by atoms with van der Waals surface area (Å²) in [4.78, 5) is 11.5. The van der Waals surface area contributed by atoms with Crippen LogP contribution >= 0.6 is 22.6 Å². The van der Waals surface area contributed by atoms with Gasteiger partial charge >= 0.3 is 12.0 Å². The summed E-state index contributed by atoms with van der Waals surface area (Å²) in [6.07, 6.45) is 2.65. The number of hydrogen-bond acceptors (Lipinski definition) is 7. The molecule has 0 saturated heterocycles. The van der Waals surface area contributed by atoms with Gasteiger partial charge in [-0.15, -0.1) is 5.10 Å². The van der Waals surface area contributed by atoms with Crippen molar-refractivity contribution < 1.29 is 27.1 Å². The Kier molecular flexibility index (Phi) is 5.13. The average molecular weight is 514 g/mol. The van der Waals surface area contributed by atoms with E-state index < -0.39 is 29.5 Å². The van der Waals surface area contributed by atoms with Crippen molar-refractivity contribution in [3.8, 4) is 11.5 Å². The van der Waals surface area contributed by atoms with Crippen molar-refractivity contribution in [1.29, 1.82) is 0 Å². The van der Waals surface area contributed by atoms with Gasteiger partial charge in [-0.1, -0.05) is 5.10 Å². The average Bonchev–Trinajstić information content (AvgIpc) is 3.31. The number of carbonyl (C=O) groups excluding carboxylic acids is 1. The Morgan fingerprint density at radius 1 is 1.07 bits per heavy atom. The number of benzene rings is 2. The van der Waals surface area contributed by atoms with E-state index in [1.807, 2.05) is 22.6 Å². The van der Waals surface area contributed by atoms with Gasteiger partial charge in [-0.2, -0.15) is 0 Å². The number of rotatable bonds is 5. The lowest BCUT2D eigenvalue weighted by Crippen LogP contribution is -2.24. The lowest BCUT2D eigenvalue weighted by atomic mass is 10.1. The predicted molar refractivity (Wildman–Crippen MR) is 105 cm³/mol. The number of halogens is 4. The Morgan fingerprint density at radius 3 is 2.62 bits per heavy atom. The Hall–Kier alpha value is -3.09. The van der Waals surface area contributed by atoms with Gasteiger partial charge in [-0.3, -0.25) is 0 Å². The van der Waals surface area contributed by atoms with Gasteiger partial charge in [-0.25, -0.2) is 18.0 Å². The molecule has 1 aliphatic heterocycles. The summed E-state index contributed by atoms with van der Waals surface area (Å²) in [6.45, 7) is 0. The molecule has 0 spiro atoms. The number of carbonyl (C=O) groups is 1. The van der Waals surface area contributed by atoms with Crippen molar-refractivity contribution in [1.82, 2.24) is 10.2 Å². The first-order valence-electron chi connectivity index (χ1n) is 8.10. The minimum Gasteiger partial charge on any atom is -0.433 e. The maximum Gasteiger partial charge on any atom is 0.337 e. The number of ether oxygens (including phenoxy) is 1. The van der Waals surface area contributed by atoms with E-state index in [4.69, 9.17) is 4.42 Å². The van der Waals surface area contributed by atoms with Crippen LogP contribution in [0.3, 0.4) is 0 Å². The van der Waals surface area contributed by atoms with Crippen LogP contribution in [0.2, 0.25) is 0 Å². The van der Waals surface area contributed by atoms with E-state index in [1.165, 1.54) is 30.5 Å². The van der Waals surface area contributed by atoms with Gasteiger partial charge in [0.1, 0.15) is 5.82 Å². The molecule has 1 unspecified atom stereocenters. The van der Waals surface area contributed by atoms with Crippen LogP contribution in [-0.4, -0.2) is 22.2 Å². The molecule has 0 saturated carbocycles. The highest BCUT2D eigenvalue weighted by atomic mass is 127. The van der Waals surface area contributed by atoms with Gasteiger partial charge in [0, 0.05) is 3.57 Å². The Bertz CT molecular complexity index is 1140. The monoisotopic (exact) mass is 514 g/mol. The summed E-state index contributed by atoms with van der Waals surface area (Å²) in [5.74, 6) is -3.76. The van der Waals surface area contributed by atoms with Crippen molar-refractivity contribution in [2.45, 2.75) is 6.04 Å². The maximum atomic E-state index is 14.5. The van der Waals surface area contributed by atoms with E-state index in [1.54, 1.807) is 6.07 Å². The van der Waals surface area contributed by atoms with Gasteiger partial charge in [0.2, 0.25) is 0 Å². The van der Waals surface area contributed by atoms with Crippen molar-refractivity contribution in [2.75, 3.05) is 10.6 Å². The van der Waals surface area contributed by atoms with Crippen molar-refractivity contribution >= 4 is 45.9 Å². The molecule has 0 bridgehead atoms. The molecule has 0 aliphatic carbocycles. The standard InChI is InChI=1S/C18H10F3IN4O3/c19-10-3-2-9(15(14(10)21)23-12-4-1-8(22)7-11(12)20)16-25-26-18(29-16)24-13-5-6-28-17(13)27/h1-7,13,23H,(H,24,26). The van der Waals surface area contributed by atoms with Crippen LogP contribution in [0.5, 0.6) is 0 Å². The van der Waals surface area contributed by atoms with Crippen LogP contribution in [0.15, 0.2) is 47.1 Å². The Balaban J connectivity index is 1.68. The highest BCUT2D eigenvalue weighted by Crippen LogP contribution is 2.35. The zero-order chi connectivity index (χ0) is 20.5. The Labute approximate surface area is 175 Å². The second kappa shape index (κ2) is 7.73. The molecule has 1 aromatic heterocycles. The van der Waals surface area contributed by atoms with E-state index in [2.05, 4.69) is 25.6 Å². The second-order valence-corrected chi connectivity index (χ2v) is 7.08. The molecule has 11 heteroatoms. The first kappa shape index (κ1) is 19.2. The zero-order valence-electron chi connectivity index (χ0n) is 14.2. The summed E-state index contributed by atoms with van der Waals surface area (Å²) < 4.78 is 53.2. The van der Waals surface area contributed by atoms with Gasteiger partial charge in [0.25, 0.3) is 5.89 Å². The fourth-order valence-electron chi connectivity index (χ4n) is 2.54. The second-order valence-electron chi connectivity index (χ2n) is 5.83. The van der Waals surface area contributed by atoms with Crippen LogP contribution in [-0.2, 0) is 9.53 Å². The summed E-state index contributed by atoms with van der Waals surface area (Å²) in [5, 5.41) is 12.7. The first-order chi connectivity index (χ1) is 13.9. The molecule has 7 nitrogen and oxygen atoms in total. The minimum atomic E-state index is -1.24. The van der Waals surface area contributed by atoms with E-state index in [9.17, 15) is 18.0 Å². The molecule has 0 amide bonds. The highest BCUT2D eigenvalue weighted by molar-refractivity contribution is 14.1. The third-order valence-electron chi connectivity index (χ3n) is 3.93. The molecule has 0 radical (unpaired) electrons. The topological polar surface area (TPSA) is 89.3 Å². The van der Waals surface area contributed by atoms with E-state index in [0.717, 1.165) is 6.07 Å². The van der Waals surface area contributed by atoms with Gasteiger partial charge < -0.3 is 19.8 Å². The van der Waals surface area contributed by atoms with E-state index in [-0.39, 0.29) is 28.8 Å². The fourth-order valence-corrected chi connectivity index (χ4v) is 3.00. The molecule has 1 atom stereocenters. The lowest BCUT2D eigenvalue weighted by molar-refractivity contribution is -0.136. The van der Waals surface area contributed by atoms with Crippen LogP contribution in [0, 0.1) is 21.0 Å². The molecule has 1 aliphatic rings. The maximum absolute atomic E-state index is 14.5. The highest BCUT2D eigenvalue weighted by Gasteiger charge is 2.25. The predicted octanol–water partition coefficient (Wildman–Crippen LogP) is 4.35. The number of hydrogen-bond donors (Lipinski definition) is 2. The molecule has 2 aromatic carbocycles. The number of cyclic esters (lactones) is 1. The third-order valence-corrected chi connectivity index (χ3v) is 4.60. The largest absolute Gasteiger partial charge is 0.433 e. The van der Waals surface area contributed by atoms with Crippen molar-refractivity contribution in [2.24, 2.45) is 0 Å². The lowest BCUT2D eigenvalue weighted by Gasteiger charge is -2.12. The molecule has 2 N–H and O–H groups in total. The zero-order valence-corrected chi connectivity index (χ0v) is 16.4. The SMILES string of the molecule is O=C1OC=CC1Nc1nnc(-c2ccc(F)c(F)c2Nc2ccc(I)cc2F)o1.